The van der Waals surface area contributed by atoms with Gasteiger partial charge < -0.3 is 35.3 Å². The molecule has 4 N–H and O–H groups in total. The first-order chi connectivity index (χ1) is 25.2. The van der Waals surface area contributed by atoms with E-state index in [1.165, 1.54) is 0 Å². The van der Waals surface area contributed by atoms with Gasteiger partial charge in [0.05, 0.1) is 60.4 Å². The summed E-state index contributed by atoms with van der Waals surface area (Å²) in [4.78, 5) is 28.0. The summed E-state index contributed by atoms with van der Waals surface area (Å²) in [5.41, 5.74) is 5.82. The molecule has 1 atom stereocenters. The molecule has 1 saturated carbocycles. The van der Waals surface area contributed by atoms with Gasteiger partial charge in [-0.2, -0.15) is 5.10 Å². The van der Waals surface area contributed by atoms with Crippen molar-refractivity contribution in [3.05, 3.63) is 83.0 Å². The van der Waals surface area contributed by atoms with Crippen LogP contribution in [0.1, 0.15) is 36.8 Å². The lowest BCUT2D eigenvalue weighted by Gasteiger charge is -2.18. The quantitative estimate of drug-likeness (QED) is 0.105. The maximum Gasteiger partial charge on any atom is 0.310 e. The minimum absolute atomic E-state index is 0.0961. The van der Waals surface area contributed by atoms with Crippen molar-refractivity contribution < 1.29 is 28.9 Å². The van der Waals surface area contributed by atoms with Crippen molar-refractivity contribution in [1.82, 2.24) is 30.7 Å². The minimum atomic E-state index is -0.768. The number of ether oxygens (including phenoxy) is 3. The molecular weight excluding hydrogens is 684 g/mol. The topological polar surface area (TPSA) is 149 Å². The van der Waals surface area contributed by atoms with Crippen molar-refractivity contribution in [1.29, 1.82) is 0 Å². The van der Waals surface area contributed by atoms with E-state index in [1.54, 1.807) is 21.3 Å². The van der Waals surface area contributed by atoms with Gasteiger partial charge in [-0.25, -0.2) is 9.67 Å². The minimum Gasteiger partial charge on any atom is -0.496 e. The van der Waals surface area contributed by atoms with Gasteiger partial charge in [0, 0.05) is 72.9 Å². The summed E-state index contributed by atoms with van der Waals surface area (Å²) >= 11 is 7.17. The van der Waals surface area contributed by atoms with E-state index in [-0.39, 0.29) is 11.9 Å². The number of fused-ring (bicyclic) bond motifs is 1. The van der Waals surface area contributed by atoms with Crippen LogP contribution in [0.3, 0.4) is 0 Å². The van der Waals surface area contributed by atoms with E-state index in [1.807, 2.05) is 71.5 Å². The van der Waals surface area contributed by atoms with E-state index in [4.69, 9.17) is 35.9 Å². The van der Waals surface area contributed by atoms with Crippen LogP contribution >= 0.6 is 11.6 Å². The fourth-order valence-electron chi connectivity index (χ4n) is 6.88. The maximum atomic E-state index is 11.6. The summed E-state index contributed by atoms with van der Waals surface area (Å²) in [6.07, 6.45) is 4.57. The smallest absolute Gasteiger partial charge is 0.310 e. The number of rotatable bonds is 15. The number of nitrogens with zero attached hydrogens (tertiary/aromatic N) is 3. The molecule has 2 aromatic heterocycles. The molecule has 12 nitrogen and oxygen atoms in total. The Morgan fingerprint density at radius 2 is 1.71 bits per heavy atom. The van der Waals surface area contributed by atoms with Gasteiger partial charge in [-0.3, -0.25) is 9.59 Å². The van der Waals surface area contributed by atoms with Crippen LogP contribution in [0.15, 0.2) is 66.9 Å². The van der Waals surface area contributed by atoms with E-state index in [0.717, 1.165) is 50.8 Å². The number of aromatic nitrogens is 3. The molecule has 1 aliphatic carbocycles. The third-order valence-electron chi connectivity index (χ3n) is 10.0. The molecule has 3 heterocycles. The van der Waals surface area contributed by atoms with Gasteiger partial charge in [0.25, 0.3) is 0 Å². The third kappa shape index (κ3) is 6.89. The van der Waals surface area contributed by atoms with E-state index in [0.29, 0.717) is 73.5 Å². The summed E-state index contributed by atoms with van der Waals surface area (Å²) in [6, 6.07) is 19.8. The van der Waals surface area contributed by atoms with Crippen molar-refractivity contribution in [3.63, 3.8) is 0 Å². The number of methoxy groups -OCH3 is 3. The molecule has 5 aromatic rings. The molecule has 13 heteroatoms. The molecule has 0 unspecified atom stereocenters. The average molecular weight is 725 g/mol. The second-order valence-electron chi connectivity index (χ2n) is 13.3. The van der Waals surface area contributed by atoms with Gasteiger partial charge in [0.15, 0.2) is 0 Å². The van der Waals surface area contributed by atoms with Crippen LogP contribution in [0.4, 0.5) is 0 Å². The maximum absolute atomic E-state index is 11.6. The summed E-state index contributed by atoms with van der Waals surface area (Å²) in [6.45, 7) is 1.99. The predicted octanol–water partition coefficient (Wildman–Crippen LogP) is 5.76. The molecule has 7 rings (SSSR count). The average Bonchev–Trinajstić information content (AvgIpc) is 3.64. The van der Waals surface area contributed by atoms with Crippen molar-refractivity contribution in [2.45, 2.75) is 44.8 Å². The van der Waals surface area contributed by atoms with Crippen molar-refractivity contribution in [2.75, 3.05) is 34.4 Å². The first-order valence-corrected chi connectivity index (χ1v) is 17.6. The highest BCUT2D eigenvalue weighted by Crippen LogP contribution is 2.45. The van der Waals surface area contributed by atoms with Gasteiger partial charge in [0.2, 0.25) is 11.8 Å². The Morgan fingerprint density at radius 3 is 2.38 bits per heavy atom. The van der Waals surface area contributed by atoms with Crippen LogP contribution in [-0.4, -0.2) is 72.2 Å². The van der Waals surface area contributed by atoms with Crippen LogP contribution in [0.5, 0.6) is 17.4 Å². The molecule has 1 amide bonds. The SMILES string of the molecule is COc1cc(-n2ncc3c(-c4cccc(-c5ccc(CNC[C@@H]6CCC(=O)N6)c(OC)n5)c4Cl)cccc32)cc(OC)c1CNCC1(C(=O)O)CC1. The molecule has 52 heavy (non-hydrogen) atoms. The summed E-state index contributed by atoms with van der Waals surface area (Å²) in [5, 5.41) is 25.5. The van der Waals surface area contributed by atoms with Gasteiger partial charge >= 0.3 is 5.97 Å². The molecule has 0 spiro atoms. The summed E-state index contributed by atoms with van der Waals surface area (Å²) < 4.78 is 19.1. The van der Waals surface area contributed by atoms with E-state index in [2.05, 4.69) is 16.0 Å². The Morgan fingerprint density at radius 1 is 0.981 bits per heavy atom. The first-order valence-electron chi connectivity index (χ1n) is 17.2. The molecule has 2 aliphatic rings. The molecule has 270 valence electrons. The number of hydrogen-bond acceptors (Lipinski definition) is 9. The number of amides is 1. The molecular formula is C39H41ClN6O6. The Hall–Kier alpha value is -5.17. The molecule has 0 radical (unpaired) electrons. The highest BCUT2D eigenvalue weighted by molar-refractivity contribution is 6.36. The van der Waals surface area contributed by atoms with Crippen LogP contribution in [0.25, 0.3) is 39.0 Å². The number of carbonyl (C=O) groups is 2. The molecule has 1 aliphatic heterocycles. The molecule has 1 saturated heterocycles. The van der Waals surface area contributed by atoms with Crippen LogP contribution < -0.4 is 30.2 Å². The number of nitrogens with one attached hydrogen (secondary N) is 3. The van der Waals surface area contributed by atoms with Gasteiger partial charge in [-0.15, -0.1) is 0 Å². The third-order valence-corrected chi connectivity index (χ3v) is 10.4. The number of halogens is 1. The number of hydrogen-bond donors (Lipinski definition) is 4. The normalized spacial score (nSPS) is 16.2. The molecule has 2 fully saturated rings. The number of carboxylic acids is 1. The second-order valence-corrected chi connectivity index (χ2v) is 13.7. The number of carboxylic acid groups (broad SMARTS) is 1. The monoisotopic (exact) mass is 724 g/mol. The number of carbonyl (C=O) groups excluding carboxylic acids is 1. The Balaban J connectivity index is 1.15. The zero-order valence-corrected chi connectivity index (χ0v) is 30.0. The number of benzene rings is 3. The second kappa shape index (κ2) is 14.8. The Labute approximate surface area is 306 Å². The largest absolute Gasteiger partial charge is 0.496 e. The van der Waals surface area contributed by atoms with Crippen molar-refractivity contribution in [2.24, 2.45) is 5.41 Å². The summed E-state index contributed by atoms with van der Waals surface area (Å²) in [7, 11) is 4.80. The van der Waals surface area contributed by atoms with Gasteiger partial charge in [0.1, 0.15) is 11.5 Å². The fourth-order valence-corrected chi connectivity index (χ4v) is 7.21. The van der Waals surface area contributed by atoms with Crippen LogP contribution in [0.2, 0.25) is 5.02 Å². The molecule has 3 aromatic carbocycles. The van der Waals surface area contributed by atoms with E-state index >= 15 is 0 Å². The first kappa shape index (κ1) is 35.2. The Kier molecular flexibility index (Phi) is 10.0. The lowest BCUT2D eigenvalue weighted by molar-refractivity contribution is -0.143. The van der Waals surface area contributed by atoms with Crippen molar-refractivity contribution in [3.8, 4) is 45.5 Å². The molecule has 0 bridgehead atoms. The van der Waals surface area contributed by atoms with Crippen LogP contribution in [0, 0.1) is 5.41 Å². The predicted molar refractivity (Wildman–Crippen MR) is 198 cm³/mol. The zero-order chi connectivity index (χ0) is 36.4. The van der Waals surface area contributed by atoms with Gasteiger partial charge in [-0.1, -0.05) is 48.0 Å². The van der Waals surface area contributed by atoms with Crippen molar-refractivity contribution >= 4 is 34.4 Å². The standard InChI is InChI=1S/C39H41ClN6O6/c1-50-33-16-25(17-34(51-2)30(33)20-42-22-39(14-15-39)38(48)49)46-32-9-5-6-26(29(32)21-43-46)27-7-4-8-28(36(27)40)31-12-10-23(37(45-31)52-3)18-41-19-24-11-13-35(47)44-24/h4-10,12,16-17,21,24,41-42H,11,13-15,18-20,22H2,1-3H3,(H,44,47)(H,48,49)/t24-/m0/s1. The lowest BCUT2D eigenvalue weighted by atomic mass is 9.98. The lowest BCUT2D eigenvalue weighted by Crippen LogP contribution is -2.35. The van der Waals surface area contributed by atoms with E-state index < -0.39 is 11.4 Å². The number of aliphatic carboxylic acids is 1. The Bertz CT molecular complexity index is 2120. The highest BCUT2D eigenvalue weighted by Gasteiger charge is 2.49. The number of pyridine rings is 1. The summed E-state index contributed by atoms with van der Waals surface area (Å²) in [5.74, 6) is 1.04. The fraction of sp³-hybridized carbons (Fsp3) is 0.333. The van der Waals surface area contributed by atoms with E-state index in [9.17, 15) is 14.7 Å². The highest BCUT2D eigenvalue weighted by atomic mass is 35.5. The zero-order valence-electron chi connectivity index (χ0n) is 29.3. The van der Waals surface area contributed by atoms with Crippen LogP contribution in [-0.2, 0) is 22.7 Å². The van der Waals surface area contributed by atoms with Gasteiger partial charge in [-0.05, 0) is 37.0 Å².